The summed E-state index contributed by atoms with van der Waals surface area (Å²) in [6.07, 6.45) is 4.05. The van der Waals surface area contributed by atoms with Gasteiger partial charge in [-0.2, -0.15) is 0 Å². The number of rotatable bonds is 7. The molecule has 3 aromatic rings. The highest BCUT2D eigenvalue weighted by atomic mass is 16.5. The Morgan fingerprint density at radius 3 is 2.66 bits per heavy atom. The van der Waals surface area contributed by atoms with Gasteiger partial charge in [0.2, 0.25) is 0 Å². The Bertz CT molecular complexity index is 1260. The van der Waals surface area contributed by atoms with Crippen LogP contribution in [0.1, 0.15) is 41.7 Å². The van der Waals surface area contributed by atoms with Crippen molar-refractivity contribution in [3.63, 3.8) is 0 Å². The van der Waals surface area contributed by atoms with Crippen LogP contribution in [0.5, 0.6) is 11.5 Å². The minimum absolute atomic E-state index is 0.0900. The number of ether oxygens (including phenoxy) is 2. The van der Waals surface area contributed by atoms with Crippen LogP contribution in [0, 0.1) is 12.8 Å². The number of carboxylic acid groups (broad SMARTS) is 1. The van der Waals surface area contributed by atoms with Crippen LogP contribution >= 0.6 is 0 Å². The van der Waals surface area contributed by atoms with E-state index in [2.05, 4.69) is 20.3 Å². The van der Waals surface area contributed by atoms with Crippen molar-refractivity contribution in [3.05, 3.63) is 35.8 Å². The van der Waals surface area contributed by atoms with Gasteiger partial charge in [0.25, 0.3) is 5.91 Å². The molecule has 3 heterocycles. The highest BCUT2D eigenvalue weighted by molar-refractivity contribution is 6.09. The third-order valence-electron chi connectivity index (χ3n) is 6.71. The number of carbonyl (C=O) groups is 2. The number of piperidine rings is 1. The van der Waals surface area contributed by atoms with E-state index in [-0.39, 0.29) is 11.9 Å². The van der Waals surface area contributed by atoms with Gasteiger partial charge in [-0.15, -0.1) is 0 Å². The van der Waals surface area contributed by atoms with Crippen molar-refractivity contribution in [2.75, 3.05) is 26.8 Å². The van der Waals surface area contributed by atoms with Gasteiger partial charge < -0.3 is 29.8 Å². The first-order chi connectivity index (χ1) is 16.9. The summed E-state index contributed by atoms with van der Waals surface area (Å²) < 4.78 is 11.5. The van der Waals surface area contributed by atoms with E-state index in [1.54, 1.807) is 7.11 Å². The molecule has 2 aliphatic rings. The number of fused-ring (bicyclic) bond motifs is 1. The SMILES string of the molecule is COc1ccc(-c2ncnc3c(C(=O)NC4CCN(C(=O)O)CC4)c(C)[nH]c23)c(OCC2CC2)c1. The summed E-state index contributed by atoms with van der Waals surface area (Å²) in [5.41, 5.74) is 3.82. The first-order valence-electron chi connectivity index (χ1n) is 11.9. The molecule has 0 bridgehead atoms. The second-order valence-corrected chi connectivity index (χ2v) is 9.20. The Balaban J connectivity index is 1.44. The number of amides is 2. The van der Waals surface area contributed by atoms with Crippen LogP contribution in [-0.2, 0) is 0 Å². The first kappa shape index (κ1) is 22.9. The van der Waals surface area contributed by atoms with Crippen LogP contribution in [-0.4, -0.2) is 69.8 Å². The van der Waals surface area contributed by atoms with E-state index in [1.807, 2.05) is 25.1 Å². The molecule has 2 amide bonds. The molecular formula is C25H29N5O5. The molecule has 0 spiro atoms. The third kappa shape index (κ3) is 4.73. The van der Waals surface area contributed by atoms with Crippen molar-refractivity contribution in [1.82, 2.24) is 25.2 Å². The monoisotopic (exact) mass is 479 g/mol. The number of methoxy groups -OCH3 is 1. The molecule has 0 radical (unpaired) electrons. The largest absolute Gasteiger partial charge is 0.497 e. The van der Waals surface area contributed by atoms with Crippen molar-refractivity contribution < 1.29 is 24.2 Å². The van der Waals surface area contributed by atoms with Gasteiger partial charge in [0.1, 0.15) is 29.0 Å². The number of likely N-dealkylation sites (tertiary alicyclic amines) is 1. The summed E-state index contributed by atoms with van der Waals surface area (Å²) in [5.74, 6) is 1.73. The summed E-state index contributed by atoms with van der Waals surface area (Å²) in [5, 5.41) is 12.2. The van der Waals surface area contributed by atoms with E-state index in [9.17, 15) is 9.59 Å². The van der Waals surface area contributed by atoms with E-state index in [1.165, 1.54) is 24.1 Å². The van der Waals surface area contributed by atoms with Crippen LogP contribution in [0.3, 0.4) is 0 Å². The zero-order valence-electron chi connectivity index (χ0n) is 19.8. The molecule has 35 heavy (non-hydrogen) atoms. The van der Waals surface area contributed by atoms with Crippen LogP contribution < -0.4 is 14.8 Å². The molecule has 1 saturated carbocycles. The van der Waals surface area contributed by atoms with Crippen molar-refractivity contribution >= 4 is 23.0 Å². The van der Waals surface area contributed by atoms with Gasteiger partial charge in [-0.25, -0.2) is 14.8 Å². The Morgan fingerprint density at radius 1 is 1.20 bits per heavy atom. The summed E-state index contributed by atoms with van der Waals surface area (Å²) >= 11 is 0. The maximum absolute atomic E-state index is 13.2. The zero-order valence-corrected chi connectivity index (χ0v) is 19.8. The normalized spacial score (nSPS) is 16.3. The number of hydrogen-bond acceptors (Lipinski definition) is 6. The average Bonchev–Trinajstić information content (AvgIpc) is 3.62. The van der Waals surface area contributed by atoms with Crippen molar-refractivity contribution in [2.24, 2.45) is 5.92 Å². The fourth-order valence-electron chi connectivity index (χ4n) is 4.51. The Morgan fingerprint density at radius 2 is 1.97 bits per heavy atom. The standard InChI is InChI=1S/C25H29N5O5/c1-14-20(24(31)29-16-7-9-30(10-8-16)25(32)33)22-23(28-14)21(26-13-27-22)18-6-5-17(34-2)11-19(18)35-12-15-3-4-15/h5-6,11,13,15-16,28H,3-4,7-10,12H2,1-2H3,(H,29,31)(H,32,33). The van der Waals surface area contributed by atoms with Gasteiger partial charge in [-0.05, 0) is 50.7 Å². The zero-order chi connectivity index (χ0) is 24.5. The van der Waals surface area contributed by atoms with Gasteiger partial charge in [-0.3, -0.25) is 4.79 Å². The molecule has 2 fully saturated rings. The van der Waals surface area contributed by atoms with Gasteiger partial charge in [0, 0.05) is 36.5 Å². The lowest BCUT2D eigenvalue weighted by Crippen LogP contribution is -2.46. The minimum Gasteiger partial charge on any atom is -0.497 e. The number of carbonyl (C=O) groups excluding carboxylic acids is 1. The van der Waals surface area contributed by atoms with E-state index in [0.717, 1.165) is 5.56 Å². The van der Waals surface area contributed by atoms with E-state index < -0.39 is 6.09 Å². The van der Waals surface area contributed by atoms with Gasteiger partial charge in [0.15, 0.2) is 0 Å². The Kier molecular flexibility index (Phi) is 6.19. The summed E-state index contributed by atoms with van der Waals surface area (Å²) in [6.45, 7) is 3.29. The fraction of sp³-hybridized carbons (Fsp3) is 0.440. The molecule has 2 aromatic heterocycles. The van der Waals surface area contributed by atoms with E-state index in [0.29, 0.717) is 77.9 Å². The highest BCUT2D eigenvalue weighted by Gasteiger charge is 2.27. The second-order valence-electron chi connectivity index (χ2n) is 9.20. The van der Waals surface area contributed by atoms with Gasteiger partial charge >= 0.3 is 6.09 Å². The average molecular weight is 480 g/mol. The predicted octanol–water partition coefficient (Wildman–Crippen LogP) is 3.60. The van der Waals surface area contributed by atoms with Crippen molar-refractivity contribution in [3.8, 4) is 22.8 Å². The number of aromatic amines is 1. The van der Waals surface area contributed by atoms with Crippen LogP contribution in [0.4, 0.5) is 4.79 Å². The van der Waals surface area contributed by atoms with E-state index in [4.69, 9.17) is 14.6 Å². The first-order valence-corrected chi connectivity index (χ1v) is 11.9. The second kappa shape index (κ2) is 9.44. The minimum atomic E-state index is -0.925. The molecule has 3 N–H and O–H groups in total. The molecule has 1 aromatic carbocycles. The number of aryl methyl sites for hydroxylation is 1. The van der Waals surface area contributed by atoms with Crippen molar-refractivity contribution in [2.45, 2.75) is 38.6 Å². The topological polar surface area (TPSA) is 130 Å². The lowest BCUT2D eigenvalue weighted by Gasteiger charge is -2.30. The summed E-state index contributed by atoms with van der Waals surface area (Å²) in [4.78, 5) is 38.0. The quantitative estimate of drug-likeness (QED) is 0.472. The number of nitrogens with one attached hydrogen (secondary N) is 2. The molecule has 1 saturated heterocycles. The molecule has 0 unspecified atom stereocenters. The molecule has 184 valence electrons. The summed E-state index contributed by atoms with van der Waals surface area (Å²) in [6, 6.07) is 5.54. The Labute approximate surface area is 202 Å². The molecule has 1 aliphatic heterocycles. The smallest absolute Gasteiger partial charge is 0.407 e. The number of nitrogens with zero attached hydrogens (tertiary/aromatic N) is 3. The molecule has 10 nitrogen and oxygen atoms in total. The van der Waals surface area contributed by atoms with E-state index >= 15 is 0 Å². The maximum Gasteiger partial charge on any atom is 0.407 e. The predicted molar refractivity (Wildman–Crippen MR) is 129 cm³/mol. The molecule has 1 aliphatic carbocycles. The van der Waals surface area contributed by atoms with Crippen molar-refractivity contribution in [1.29, 1.82) is 0 Å². The lowest BCUT2D eigenvalue weighted by molar-refractivity contribution is 0.0908. The maximum atomic E-state index is 13.2. The Hall–Kier alpha value is -3.82. The lowest BCUT2D eigenvalue weighted by atomic mass is 10.0. The number of aromatic nitrogens is 3. The molecule has 0 atom stereocenters. The van der Waals surface area contributed by atoms with Crippen LogP contribution in [0.15, 0.2) is 24.5 Å². The molecule has 5 rings (SSSR count). The summed E-state index contributed by atoms with van der Waals surface area (Å²) in [7, 11) is 1.62. The van der Waals surface area contributed by atoms with Gasteiger partial charge in [0.05, 0.1) is 24.8 Å². The van der Waals surface area contributed by atoms with Crippen LogP contribution in [0.25, 0.3) is 22.3 Å². The van der Waals surface area contributed by atoms with Crippen LogP contribution in [0.2, 0.25) is 0 Å². The molecular weight excluding hydrogens is 450 g/mol. The highest BCUT2D eigenvalue weighted by Crippen LogP contribution is 2.38. The fourth-order valence-corrected chi connectivity index (χ4v) is 4.51. The third-order valence-corrected chi connectivity index (χ3v) is 6.71. The number of benzene rings is 1. The number of hydrogen-bond donors (Lipinski definition) is 3. The van der Waals surface area contributed by atoms with Gasteiger partial charge in [-0.1, -0.05) is 0 Å². The number of H-pyrrole nitrogens is 1. The molecule has 10 heteroatoms.